The van der Waals surface area contributed by atoms with Gasteiger partial charge in [0.2, 0.25) is 11.8 Å². The molecule has 0 aliphatic heterocycles. The Kier molecular flexibility index (Phi) is 10.7. The number of alkyl carbamates (subject to hydrolysis) is 1. The van der Waals surface area contributed by atoms with Crippen LogP contribution < -0.4 is 16.0 Å². The highest BCUT2D eigenvalue weighted by molar-refractivity contribution is 5.91. The normalized spacial score (nSPS) is 12.6. The van der Waals surface area contributed by atoms with Crippen LogP contribution in [0.3, 0.4) is 0 Å². The molecule has 0 saturated heterocycles. The quantitative estimate of drug-likeness (QED) is 0.352. The standard InChI is InChI=1S/C29H38N4O5/c1-18-14-23(34)15-19(2)24(18)16-25(33-28(37)38-29(4,5)6)27(36)32-20(3)26(35)31-13-7-8-21-9-11-22(17-30)12-10-21/h9-12,14-15,20,25,34H,7-8,13,16H2,1-6H3,(H,31,35)(H,32,36)(H,33,37)/t20-,25-/m1/s1. The maximum Gasteiger partial charge on any atom is 0.408 e. The number of ether oxygens (including phenoxy) is 1. The number of carbonyl (C=O) groups is 3. The molecule has 38 heavy (non-hydrogen) atoms. The van der Waals surface area contributed by atoms with Crippen molar-refractivity contribution in [3.63, 3.8) is 0 Å². The molecule has 0 spiro atoms. The van der Waals surface area contributed by atoms with E-state index in [2.05, 4.69) is 22.0 Å². The average molecular weight is 523 g/mol. The topological polar surface area (TPSA) is 141 Å². The predicted molar refractivity (Wildman–Crippen MR) is 145 cm³/mol. The lowest BCUT2D eigenvalue weighted by molar-refractivity contribution is -0.129. The van der Waals surface area contributed by atoms with E-state index in [1.807, 2.05) is 26.0 Å². The van der Waals surface area contributed by atoms with Crippen molar-refractivity contribution in [3.8, 4) is 11.8 Å². The molecular formula is C29H38N4O5. The molecule has 9 nitrogen and oxygen atoms in total. The number of phenolic OH excluding ortho intramolecular Hbond substituents is 1. The molecule has 204 valence electrons. The van der Waals surface area contributed by atoms with E-state index in [-0.39, 0.29) is 18.1 Å². The predicted octanol–water partition coefficient (Wildman–Crippen LogP) is 3.57. The van der Waals surface area contributed by atoms with Crippen molar-refractivity contribution >= 4 is 17.9 Å². The summed E-state index contributed by atoms with van der Waals surface area (Å²) in [6, 6.07) is 10.7. The molecule has 0 heterocycles. The number of nitrogens with zero attached hydrogens (tertiary/aromatic N) is 1. The van der Waals surface area contributed by atoms with Crippen LogP contribution in [0.5, 0.6) is 5.75 Å². The number of aromatic hydroxyl groups is 1. The smallest absolute Gasteiger partial charge is 0.408 e. The Morgan fingerprint density at radius 3 is 2.18 bits per heavy atom. The van der Waals surface area contributed by atoms with Gasteiger partial charge in [-0.3, -0.25) is 9.59 Å². The number of amides is 3. The van der Waals surface area contributed by atoms with Crippen LogP contribution in [-0.2, 0) is 27.2 Å². The van der Waals surface area contributed by atoms with Gasteiger partial charge >= 0.3 is 6.09 Å². The van der Waals surface area contributed by atoms with Gasteiger partial charge in [0.1, 0.15) is 23.4 Å². The highest BCUT2D eigenvalue weighted by atomic mass is 16.6. The van der Waals surface area contributed by atoms with Crippen molar-refractivity contribution in [2.24, 2.45) is 0 Å². The summed E-state index contributed by atoms with van der Waals surface area (Å²) in [6.45, 7) is 10.8. The number of benzene rings is 2. The molecule has 2 aromatic rings. The third kappa shape index (κ3) is 9.77. The highest BCUT2D eigenvalue weighted by Crippen LogP contribution is 2.22. The zero-order valence-electron chi connectivity index (χ0n) is 23.0. The van der Waals surface area contributed by atoms with Crippen LogP contribution in [0.4, 0.5) is 4.79 Å². The van der Waals surface area contributed by atoms with Gasteiger partial charge in [-0.05, 0) is 101 Å². The van der Waals surface area contributed by atoms with Crippen molar-refractivity contribution in [1.82, 2.24) is 16.0 Å². The number of nitrogens with one attached hydrogen (secondary N) is 3. The van der Waals surface area contributed by atoms with Crippen LogP contribution in [0, 0.1) is 25.2 Å². The Morgan fingerprint density at radius 2 is 1.63 bits per heavy atom. The van der Waals surface area contributed by atoms with Crippen molar-refractivity contribution in [3.05, 3.63) is 64.2 Å². The molecule has 0 saturated carbocycles. The van der Waals surface area contributed by atoms with Crippen LogP contribution in [0.2, 0.25) is 0 Å². The van der Waals surface area contributed by atoms with E-state index in [4.69, 9.17) is 10.00 Å². The average Bonchev–Trinajstić information content (AvgIpc) is 2.82. The summed E-state index contributed by atoms with van der Waals surface area (Å²) in [5.41, 5.74) is 3.27. The van der Waals surface area contributed by atoms with E-state index in [1.54, 1.807) is 52.0 Å². The third-order valence-electron chi connectivity index (χ3n) is 5.87. The fraction of sp³-hybridized carbons (Fsp3) is 0.448. The van der Waals surface area contributed by atoms with Crippen LogP contribution in [0.1, 0.15) is 61.9 Å². The molecule has 0 bridgehead atoms. The van der Waals surface area contributed by atoms with Gasteiger partial charge in [0.15, 0.2) is 0 Å². The zero-order chi connectivity index (χ0) is 28.5. The molecule has 9 heteroatoms. The molecule has 2 rings (SSSR count). The summed E-state index contributed by atoms with van der Waals surface area (Å²) in [5, 5.41) is 26.9. The largest absolute Gasteiger partial charge is 0.508 e. The van der Waals surface area contributed by atoms with Crippen LogP contribution in [-0.4, -0.2) is 47.2 Å². The van der Waals surface area contributed by atoms with Crippen molar-refractivity contribution < 1.29 is 24.2 Å². The van der Waals surface area contributed by atoms with Gasteiger partial charge in [-0.15, -0.1) is 0 Å². The Morgan fingerprint density at radius 1 is 1.03 bits per heavy atom. The maximum atomic E-state index is 13.2. The van der Waals surface area contributed by atoms with Gasteiger partial charge in [0.05, 0.1) is 11.6 Å². The number of aryl methyl sites for hydroxylation is 3. The molecule has 0 aliphatic rings. The van der Waals surface area contributed by atoms with Gasteiger partial charge in [0, 0.05) is 13.0 Å². The molecule has 4 N–H and O–H groups in total. The van der Waals surface area contributed by atoms with Gasteiger partial charge in [-0.25, -0.2) is 4.79 Å². The minimum absolute atomic E-state index is 0.120. The van der Waals surface area contributed by atoms with Crippen LogP contribution in [0.25, 0.3) is 0 Å². The van der Waals surface area contributed by atoms with Crippen LogP contribution in [0.15, 0.2) is 36.4 Å². The van der Waals surface area contributed by atoms with Gasteiger partial charge in [0.25, 0.3) is 0 Å². The summed E-state index contributed by atoms with van der Waals surface area (Å²) in [7, 11) is 0. The van der Waals surface area contributed by atoms with E-state index in [9.17, 15) is 19.5 Å². The fourth-order valence-corrected chi connectivity index (χ4v) is 3.94. The second kappa shape index (κ2) is 13.5. The summed E-state index contributed by atoms with van der Waals surface area (Å²) < 4.78 is 5.34. The molecule has 3 amide bonds. The van der Waals surface area contributed by atoms with Gasteiger partial charge in [-0.1, -0.05) is 12.1 Å². The summed E-state index contributed by atoms with van der Waals surface area (Å²) in [6.07, 6.45) is 0.842. The van der Waals surface area contributed by atoms with Crippen molar-refractivity contribution in [2.75, 3.05) is 6.54 Å². The number of hydrogen-bond acceptors (Lipinski definition) is 6. The SMILES string of the molecule is Cc1cc(O)cc(C)c1C[C@@H](NC(=O)OC(C)(C)C)C(=O)N[C@H](C)C(=O)NCCCc1ccc(C#N)cc1. The van der Waals surface area contributed by atoms with Crippen molar-refractivity contribution in [2.45, 2.75) is 78.5 Å². The summed E-state index contributed by atoms with van der Waals surface area (Å²) in [5.74, 6) is -0.747. The highest BCUT2D eigenvalue weighted by Gasteiger charge is 2.28. The monoisotopic (exact) mass is 522 g/mol. The molecule has 0 radical (unpaired) electrons. The first kappa shape index (κ1) is 30.2. The number of carbonyl (C=O) groups excluding carboxylic acids is 3. The third-order valence-corrected chi connectivity index (χ3v) is 5.87. The Balaban J connectivity index is 2.00. The van der Waals surface area contributed by atoms with E-state index in [1.165, 1.54) is 0 Å². The molecule has 0 fully saturated rings. The minimum atomic E-state index is -1.00. The first-order valence-corrected chi connectivity index (χ1v) is 12.6. The Labute approximate surface area is 224 Å². The van der Waals surface area contributed by atoms with E-state index >= 15 is 0 Å². The molecule has 0 unspecified atom stereocenters. The first-order valence-electron chi connectivity index (χ1n) is 12.6. The van der Waals surface area contributed by atoms with Gasteiger partial charge in [-0.2, -0.15) is 5.26 Å². The van der Waals surface area contributed by atoms with Gasteiger partial charge < -0.3 is 25.8 Å². The lowest BCUT2D eigenvalue weighted by Gasteiger charge is -2.25. The van der Waals surface area contributed by atoms with E-state index < -0.39 is 29.7 Å². The molecule has 2 atom stereocenters. The first-order chi connectivity index (χ1) is 17.8. The summed E-state index contributed by atoms with van der Waals surface area (Å²) >= 11 is 0. The number of hydrogen-bond donors (Lipinski definition) is 4. The second-order valence-corrected chi connectivity index (χ2v) is 10.4. The lowest BCUT2D eigenvalue weighted by Crippen LogP contribution is -2.54. The number of phenols is 1. The second-order valence-electron chi connectivity index (χ2n) is 10.4. The maximum absolute atomic E-state index is 13.2. The fourth-order valence-electron chi connectivity index (χ4n) is 3.94. The molecule has 0 aromatic heterocycles. The Hall–Kier alpha value is -4.06. The lowest BCUT2D eigenvalue weighted by atomic mass is 9.95. The Bertz CT molecular complexity index is 1160. The van der Waals surface area contributed by atoms with E-state index in [0.29, 0.717) is 18.5 Å². The molecule has 2 aromatic carbocycles. The summed E-state index contributed by atoms with van der Waals surface area (Å²) in [4.78, 5) is 38.3. The molecular weight excluding hydrogens is 484 g/mol. The minimum Gasteiger partial charge on any atom is -0.508 e. The molecule has 0 aliphatic carbocycles. The van der Waals surface area contributed by atoms with Crippen molar-refractivity contribution in [1.29, 1.82) is 5.26 Å². The number of nitriles is 1. The van der Waals surface area contributed by atoms with E-state index in [0.717, 1.165) is 28.7 Å². The zero-order valence-corrected chi connectivity index (χ0v) is 23.0. The van der Waals surface area contributed by atoms with Crippen LogP contribution >= 0.6 is 0 Å². The number of rotatable bonds is 10.